The van der Waals surface area contributed by atoms with Crippen molar-refractivity contribution in [2.45, 2.75) is 205 Å². The molecule has 2 rings (SSSR count). The van der Waals surface area contributed by atoms with Gasteiger partial charge in [-0.3, -0.25) is 57.5 Å². The Kier molecular flexibility index (Phi) is 34.4. The van der Waals surface area contributed by atoms with Gasteiger partial charge in [-0.2, -0.15) is 0 Å². The van der Waals surface area contributed by atoms with Crippen molar-refractivity contribution in [2.24, 2.45) is 34.8 Å². The van der Waals surface area contributed by atoms with Crippen LogP contribution in [-0.4, -0.2) is 166 Å². The summed E-state index contributed by atoms with van der Waals surface area (Å²) >= 11 is 0. The van der Waals surface area contributed by atoms with Crippen LogP contribution < -0.4 is 70.8 Å². The SMILES string of the molecule is CC[C@H](C)[C@H](NC(=O)[C@H](CCCCN)NC(=O)[C@H](Cc1ccc2ccccc2c1)NC(=O)[C@@H](NC(=O)[C@H](CCCCN)NC(=O)[C@H](CCC(=O)O)NC(=O)[C@@H](NC(=O)[C@H](CCCCN)NC(C)=O)[C@@H](C)CC)[C@@H](C)O)C(=O)N[C@@H](CCC(=O)O)C(N)=O. The average Bonchev–Trinajstić information content (AvgIpc) is 3.05. The van der Waals surface area contributed by atoms with Crippen molar-refractivity contribution in [2.75, 3.05) is 19.6 Å². The van der Waals surface area contributed by atoms with Gasteiger partial charge in [-0.05, 0) is 125 Å². The molecule has 0 saturated heterocycles. The highest BCUT2D eigenvalue weighted by molar-refractivity contribution is 5.99. The van der Waals surface area contributed by atoms with Crippen molar-refractivity contribution in [3.63, 3.8) is 0 Å². The second-order valence-corrected chi connectivity index (χ2v) is 22.0. The topological polar surface area (TPSA) is 478 Å². The zero-order valence-corrected chi connectivity index (χ0v) is 51.0. The van der Waals surface area contributed by atoms with E-state index in [0.29, 0.717) is 57.1 Å². The molecule has 28 heteroatoms. The third kappa shape index (κ3) is 27.2. The summed E-state index contributed by atoms with van der Waals surface area (Å²) in [5.74, 6) is -12.4. The molecule has 10 amide bonds. The van der Waals surface area contributed by atoms with E-state index in [1.54, 1.807) is 52.0 Å². The lowest BCUT2D eigenvalue weighted by atomic mass is 9.96. The molecular weight excluding hydrogens is 1130 g/mol. The number of nitrogens with two attached hydrogens (primary N) is 4. The Morgan fingerprint density at radius 1 is 0.437 bits per heavy atom. The summed E-state index contributed by atoms with van der Waals surface area (Å²) in [6, 6.07) is -0.203. The smallest absolute Gasteiger partial charge is 0.303 e. The predicted octanol–water partition coefficient (Wildman–Crippen LogP) is -1.16. The van der Waals surface area contributed by atoms with Gasteiger partial charge in [-0.15, -0.1) is 0 Å². The van der Waals surface area contributed by atoms with Gasteiger partial charge in [0.15, 0.2) is 0 Å². The van der Waals surface area contributed by atoms with Gasteiger partial charge in [-0.1, -0.05) is 83.0 Å². The van der Waals surface area contributed by atoms with Gasteiger partial charge < -0.3 is 86.1 Å². The number of carboxylic acid groups (broad SMARTS) is 2. The summed E-state index contributed by atoms with van der Waals surface area (Å²) in [5, 5.41) is 55.0. The molecule has 87 heavy (non-hydrogen) atoms. The fourth-order valence-corrected chi connectivity index (χ4v) is 9.33. The summed E-state index contributed by atoms with van der Waals surface area (Å²) in [5.41, 5.74) is 23.2. The van der Waals surface area contributed by atoms with Crippen LogP contribution >= 0.6 is 0 Å². The molecule has 0 aliphatic heterocycles. The summed E-state index contributed by atoms with van der Waals surface area (Å²) in [6.45, 7) is 9.97. The highest BCUT2D eigenvalue weighted by Gasteiger charge is 2.38. The van der Waals surface area contributed by atoms with Gasteiger partial charge in [0.1, 0.15) is 54.4 Å². The van der Waals surface area contributed by atoms with E-state index in [1.165, 1.54) is 13.8 Å². The Labute approximate surface area is 508 Å². The number of carboxylic acids is 2. The number of fused-ring (bicyclic) bond motifs is 1. The number of carbonyl (C=O) groups is 12. The first-order valence-electron chi connectivity index (χ1n) is 29.9. The molecule has 0 aliphatic rings. The second kappa shape index (κ2) is 39.8. The number of rotatable bonds is 43. The van der Waals surface area contributed by atoms with E-state index in [9.17, 15) is 72.9 Å². The fourth-order valence-electron chi connectivity index (χ4n) is 9.33. The van der Waals surface area contributed by atoms with Crippen LogP contribution in [0.15, 0.2) is 42.5 Å². The van der Waals surface area contributed by atoms with E-state index < -0.39 is 163 Å². The van der Waals surface area contributed by atoms with Crippen LogP contribution in [-0.2, 0) is 64.0 Å². The molecule has 2 aromatic carbocycles. The van der Waals surface area contributed by atoms with Crippen molar-refractivity contribution < 1.29 is 72.9 Å². The molecule has 0 saturated carbocycles. The standard InChI is InChI=1S/C59H95N13O15/c1-7-33(3)48(57(85)65-40(51(63)79)24-26-46(75)76)71-54(82)42(20-12-15-29-61)67-56(84)45(32-37-22-23-38-17-9-10-18-39(38)31-37)69-59(87)50(35(5)73)72-55(83)43(21-13-16-30-62)66-52(80)44(25-27-47(77)78)68-58(86)49(34(4)8-2)70-53(81)41(64-36(6)74)19-11-14-28-60/h9-10,17-18,22-23,31,33-35,40-45,48-50,73H,7-8,11-16,19-21,24-30,32,60-62H2,1-6H3,(H2,63,79)(H,64,74)(H,65,85)(H,66,80)(H,67,84)(H,68,86)(H,69,87)(H,70,81)(H,71,82)(H,72,83)(H,75,76)(H,77,78)/t33-,34-,35+,40-,41-,42-,43-,44-,45-,48-,49-,50-/m0/s1. The normalized spacial score (nSPS) is 15.3. The number of hydrogen-bond acceptors (Lipinski definition) is 16. The molecule has 28 nitrogen and oxygen atoms in total. The Morgan fingerprint density at radius 3 is 1.21 bits per heavy atom. The van der Waals surface area contributed by atoms with Gasteiger partial charge in [0.2, 0.25) is 59.1 Å². The number of aliphatic hydroxyl groups is 1. The van der Waals surface area contributed by atoms with Crippen molar-refractivity contribution in [3.8, 4) is 0 Å². The van der Waals surface area contributed by atoms with Crippen LogP contribution in [0.1, 0.15) is 143 Å². The van der Waals surface area contributed by atoms with Gasteiger partial charge in [0.25, 0.3) is 0 Å². The molecule has 0 bridgehead atoms. The number of nitrogens with one attached hydrogen (secondary N) is 9. The second-order valence-electron chi connectivity index (χ2n) is 22.0. The number of primary amides is 1. The largest absolute Gasteiger partial charge is 0.481 e. The van der Waals surface area contributed by atoms with Gasteiger partial charge >= 0.3 is 11.9 Å². The number of hydrogen-bond donors (Lipinski definition) is 16. The van der Waals surface area contributed by atoms with E-state index >= 15 is 0 Å². The van der Waals surface area contributed by atoms with Gasteiger partial charge in [-0.25, -0.2) is 0 Å². The number of amides is 10. The molecule has 0 unspecified atom stereocenters. The number of carbonyl (C=O) groups excluding carboxylic acids is 10. The maximum atomic E-state index is 14.7. The minimum absolute atomic E-state index is 0.0153. The van der Waals surface area contributed by atoms with Crippen molar-refractivity contribution >= 4 is 81.8 Å². The fraction of sp³-hybridized carbons (Fsp3) is 0.627. The monoisotopic (exact) mass is 1230 g/mol. The van der Waals surface area contributed by atoms with Crippen LogP contribution in [0.2, 0.25) is 0 Å². The first kappa shape index (κ1) is 75.3. The summed E-state index contributed by atoms with van der Waals surface area (Å²) in [6.07, 6.45) is -0.695. The molecule has 0 fully saturated rings. The highest BCUT2D eigenvalue weighted by Crippen LogP contribution is 2.19. The number of aliphatic carboxylic acids is 2. The zero-order valence-electron chi connectivity index (χ0n) is 51.0. The Balaban J connectivity index is 2.60. The van der Waals surface area contributed by atoms with Crippen molar-refractivity contribution in [3.05, 3.63) is 48.0 Å². The lowest BCUT2D eigenvalue weighted by Crippen LogP contribution is -2.62. The van der Waals surface area contributed by atoms with E-state index in [-0.39, 0.29) is 51.6 Å². The molecule has 12 atom stereocenters. The first-order chi connectivity index (χ1) is 41.2. The van der Waals surface area contributed by atoms with E-state index in [4.69, 9.17) is 22.9 Å². The Morgan fingerprint density at radius 2 is 0.793 bits per heavy atom. The maximum absolute atomic E-state index is 14.7. The van der Waals surface area contributed by atoms with E-state index in [2.05, 4.69) is 47.9 Å². The molecule has 0 aromatic heterocycles. The third-order valence-electron chi connectivity index (χ3n) is 14.9. The van der Waals surface area contributed by atoms with Crippen LogP contribution in [0.3, 0.4) is 0 Å². The maximum Gasteiger partial charge on any atom is 0.303 e. The third-order valence-corrected chi connectivity index (χ3v) is 14.9. The summed E-state index contributed by atoms with van der Waals surface area (Å²) in [4.78, 5) is 161. The van der Waals surface area contributed by atoms with Crippen molar-refractivity contribution in [1.29, 1.82) is 0 Å². The molecule has 2 aromatic rings. The molecular formula is C59H95N13O15. The molecule has 0 radical (unpaired) electrons. The van der Waals surface area contributed by atoms with Crippen molar-refractivity contribution in [1.82, 2.24) is 47.9 Å². The average molecular weight is 1230 g/mol. The Hall–Kier alpha value is -7.82. The summed E-state index contributed by atoms with van der Waals surface area (Å²) < 4.78 is 0. The molecule has 486 valence electrons. The van der Waals surface area contributed by atoms with E-state index in [1.807, 2.05) is 18.2 Å². The minimum Gasteiger partial charge on any atom is -0.481 e. The molecule has 0 aliphatic carbocycles. The minimum atomic E-state index is -1.82. The molecule has 0 spiro atoms. The zero-order chi connectivity index (χ0) is 65.3. The molecule has 20 N–H and O–H groups in total. The van der Waals surface area contributed by atoms with Crippen LogP contribution in [0.4, 0.5) is 0 Å². The number of benzene rings is 2. The first-order valence-corrected chi connectivity index (χ1v) is 29.9. The highest BCUT2D eigenvalue weighted by atomic mass is 16.4. The predicted molar refractivity (Wildman–Crippen MR) is 323 cm³/mol. The lowest BCUT2D eigenvalue weighted by molar-refractivity contribution is -0.139. The van der Waals surface area contributed by atoms with Gasteiger partial charge in [0, 0.05) is 26.2 Å². The summed E-state index contributed by atoms with van der Waals surface area (Å²) in [7, 11) is 0. The van der Waals surface area contributed by atoms with Crippen LogP contribution in [0.25, 0.3) is 10.8 Å². The number of aliphatic hydroxyl groups excluding tert-OH is 1. The number of unbranched alkanes of at least 4 members (excludes halogenated alkanes) is 3. The molecule has 0 heterocycles. The Bertz CT molecular complexity index is 2630. The quantitative estimate of drug-likeness (QED) is 0.0348. The van der Waals surface area contributed by atoms with Crippen LogP contribution in [0.5, 0.6) is 0 Å². The van der Waals surface area contributed by atoms with E-state index in [0.717, 1.165) is 10.8 Å². The van der Waals surface area contributed by atoms with Gasteiger partial charge in [0.05, 0.1) is 6.10 Å². The van der Waals surface area contributed by atoms with Crippen LogP contribution in [0, 0.1) is 11.8 Å². The lowest BCUT2D eigenvalue weighted by Gasteiger charge is -2.30.